The SMILES string of the molecule is CC(CCl)CNC(=O)Cc1c(F)cccc1Cl. The number of amides is 1. The molecule has 2 nitrogen and oxygen atoms in total. The third-order valence-corrected chi connectivity index (χ3v) is 3.19. The van der Waals surface area contributed by atoms with E-state index in [-0.39, 0.29) is 28.8 Å². The Balaban J connectivity index is 2.56. The van der Waals surface area contributed by atoms with Gasteiger partial charge in [0.05, 0.1) is 6.42 Å². The van der Waals surface area contributed by atoms with Crippen molar-refractivity contribution in [3.8, 4) is 0 Å². The van der Waals surface area contributed by atoms with Crippen LogP contribution in [-0.2, 0) is 11.2 Å². The second-order valence-corrected chi connectivity index (χ2v) is 4.66. The smallest absolute Gasteiger partial charge is 0.224 e. The second-order valence-electron chi connectivity index (χ2n) is 3.94. The number of rotatable bonds is 5. The van der Waals surface area contributed by atoms with E-state index in [1.54, 1.807) is 6.07 Å². The summed E-state index contributed by atoms with van der Waals surface area (Å²) in [5.41, 5.74) is 0.227. The van der Waals surface area contributed by atoms with Gasteiger partial charge in [-0.05, 0) is 18.1 Å². The average molecular weight is 278 g/mol. The minimum Gasteiger partial charge on any atom is -0.356 e. The van der Waals surface area contributed by atoms with Gasteiger partial charge in [-0.25, -0.2) is 4.39 Å². The molecule has 94 valence electrons. The molecular formula is C12H14Cl2FNO. The number of hydrogen-bond donors (Lipinski definition) is 1. The summed E-state index contributed by atoms with van der Waals surface area (Å²) in [6.07, 6.45) is -0.0550. The molecule has 1 aromatic carbocycles. The molecule has 5 heteroatoms. The van der Waals surface area contributed by atoms with E-state index in [0.717, 1.165) is 0 Å². The number of hydrogen-bond acceptors (Lipinski definition) is 1. The zero-order valence-corrected chi connectivity index (χ0v) is 11.0. The molecule has 1 rings (SSSR count). The van der Waals surface area contributed by atoms with Crippen LogP contribution < -0.4 is 5.32 Å². The molecule has 0 aliphatic rings. The summed E-state index contributed by atoms with van der Waals surface area (Å²) < 4.78 is 13.4. The molecule has 1 atom stereocenters. The molecule has 0 aliphatic carbocycles. The molecule has 17 heavy (non-hydrogen) atoms. The van der Waals surface area contributed by atoms with E-state index >= 15 is 0 Å². The first-order chi connectivity index (χ1) is 8.04. The monoisotopic (exact) mass is 277 g/mol. The lowest BCUT2D eigenvalue weighted by atomic mass is 10.1. The van der Waals surface area contributed by atoms with Gasteiger partial charge in [-0.3, -0.25) is 4.79 Å². The fourth-order valence-electron chi connectivity index (χ4n) is 1.27. The molecule has 1 amide bonds. The molecule has 0 fully saturated rings. The van der Waals surface area contributed by atoms with Crippen LogP contribution in [0.4, 0.5) is 4.39 Å². The molecule has 1 N–H and O–H groups in total. The largest absolute Gasteiger partial charge is 0.356 e. The minimum atomic E-state index is -0.460. The Bertz CT molecular complexity index is 378. The van der Waals surface area contributed by atoms with Gasteiger partial charge in [0.25, 0.3) is 0 Å². The fraction of sp³-hybridized carbons (Fsp3) is 0.417. The van der Waals surface area contributed by atoms with Crippen molar-refractivity contribution in [2.75, 3.05) is 12.4 Å². The molecule has 1 unspecified atom stereocenters. The van der Waals surface area contributed by atoms with Crippen molar-refractivity contribution < 1.29 is 9.18 Å². The first-order valence-corrected chi connectivity index (χ1v) is 6.21. The zero-order chi connectivity index (χ0) is 12.8. The normalized spacial score (nSPS) is 12.2. The van der Waals surface area contributed by atoms with Crippen LogP contribution in [0.2, 0.25) is 5.02 Å². The first-order valence-electron chi connectivity index (χ1n) is 5.30. The van der Waals surface area contributed by atoms with Crippen molar-refractivity contribution in [2.45, 2.75) is 13.3 Å². The van der Waals surface area contributed by atoms with Gasteiger partial charge >= 0.3 is 0 Å². The van der Waals surface area contributed by atoms with Gasteiger partial charge in [0.2, 0.25) is 5.91 Å². The van der Waals surface area contributed by atoms with Gasteiger partial charge in [0.15, 0.2) is 0 Å². The van der Waals surface area contributed by atoms with Gasteiger partial charge in [-0.1, -0.05) is 24.6 Å². The number of alkyl halides is 1. The Labute approximate surface area is 110 Å². The molecule has 0 saturated carbocycles. The van der Waals surface area contributed by atoms with E-state index < -0.39 is 5.82 Å². The van der Waals surface area contributed by atoms with Crippen LogP contribution in [0, 0.1) is 11.7 Å². The molecular weight excluding hydrogens is 264 g/mol. The molecule has 0 aliphatic heterocycles. The Hall–Kier alpha value is -0.800. The minimum absolute atomic E-state index is 0.0550. The van der Waals surface area contributed by atoms with E-state index in [4.69, 9.17) is 23.2 Å². The summed E-state index contributed by atoms with van der Waals surface area (Å²) in [4.78, 5) is 11.6. The summed E-state index contributed by atoms with van der Waals surface area (Å²) in [5, 5.41) is 2.96. The summed E-state index contributed by atoms with van der Waals surface area (Å²) >= 11 is 11.4. The molecule has 0 radical (unpaired) electrons. The molecule has 0 saturated heterocycles. The number of nitrogens with one attached hydrogen (secondary N) is 1. The molecule has 0 bridgehead atoms. The maximum atomic E-state index is 13.4. The predicted molar refractivity (Wildman–Crippen MR) is 68.0 cm³/mol. The number of benzene rings is 1. The highest BCUT2D eigenvalue weighted by molar-refractivity contribution is 6.31. The van der Waals surface area contributed by atoms with Crippen molar-refractivity contribution in [3.63, 3.8) is 0 Å². The first kappa shape index (κ1) is 14.3. The van der Waals surface area contributed by atoms with Crippen LogP contribution in [-0.4, -0.2) is 18.3 Å². The van der Waals surface area contributed by atoms with Crippen LogP contribution >= 0.6 is 23.2 Å². The highest BCUT2D eigenvalue weighted by atomic mass is 35.5. The van der Waals surface area contributed by atoms with Crippen molar-refractivity contribution >= 4 is 29.1 Å². The van der Waals surface area contributed by atoms with Gasteiger partial charge in [0.1, 0.15) is 5.82 Å². The van der Waals surface area contributed by atoms with E-state index in [0.29, 0.717) is 12.4 Å². The Morgan fingerprint density at radius 2 is 2.24 bits per heavy atom. The number of halogens is 3. The quantitative estimate of drug-likeness (QED) is 0.824. The van der Waals surface area contributed by atoms with Gasteiger partial charge in [-0.2, -0.15) is 0 Å². The van der Waals surface area contributed by atoms with Crippen molar-refractivity contribution in [1.82, 2.24) is 5.32 Å². The average Bonchev–Trinajstić information content (AvgIpc) is 2.31. The summed E-state index contributed by atoms with van der Waals surface area (Å²) in [7, 11) is 0. The Morgan fingerprint density at radius 1 is 1.53 bits per heavy atom. The lowest BCUT2D eigenvalue weighted by Crippen LogP contribution is -2.30. The highest BCUT2D eigenvalue weighted by Crippen LogP contribution is 2.19. The van der Waals surface area contributed by atoms with E-state index in [1.807, 2.05) is 6.92 Å². The summed E-state index contributed by atoms with van der Waals surface area (Å²) in [6, 6.07) is 4.36. The molecule has 0 spiro atoms. The van der Waals surface area contributed by atoms with Crippen LogP contribution in [0.3, 0.4) is 0 Å². The standard InChI is InChI=1S/C12H14Cl2FNO/c1-8(6-13)7-16-12(17)5-9-10(14)3-2-4-11(9)15/h2-4,8H,5-7H2,1H3,(H,16,17). The topological polar surface area (TPSA) is 29.1 Å². The molecule has 0 aromatic heterocycles. The Kier molecular flexibility index (Phi) is 5.72. The maximum absolute atomic E-state index is 13.4. The number of carbonyl (C=O) groups excluding carboxylic acids is 1. The Morgan fingerprint density at radius 3 is 2.82 bits per heavy atom. The second kappa shape index (κ2) is 6.82. The summed E-state index contributed by atoms with van der Waals surface area (Å²) in [6.45, 7) is 2.40. The van der Waals surface area contributed by atoms with E-state index in [2.05, 4.69) is 5.32 Å². The fourth-order valence-corrected chi connectivity index (χ4v) is 1.61. The maximum Gasteiger partial charge on any atom is 0.224 e. The van der Waals surface area contributed by atoms with Gasteiger partial charge in [0, 0.05) is 23.0 Å². The highest BCUT2D eigenvalue weighted by Gasteiger charge is 2.12. The lowest BCUT2D eigenvalue weighted by molar-refractivity contribution is -0.120. The van der Waals surface area contributed by atoms with Crippen molar-refractivity contribution in [1.29, 1.82) is 0 Å². The molecule has 1 aromatic rings. The van der Waals surface area contributed by atoms with Crippen LogP contribution in [0.15, 0.2) is 18.2 Å². The molecule has 0 heterocycles. The summed E-state index contributed by atoms with van der Waals surface area (Å²) in [5.74, 6) is -0.0514. The van der Waals surface area contributed by atoms with Gasteiger partial charge < -0.3 is 5.32 Å². The van der Waals surface area contributed by atoms with E-state index in [9.17, 15) is 9.18 Å². The third kappa shape index (κ3) is 4.52. The van der Waals surface area contributed by atoms with Gasteiger partial charge in [-0.15, -0.1) is 11.6 Å². The lowest BCUT2D eigenvalue weighted by Gasteiger charge is -2.10. The van der Waals surface area contributed by atoms with E-state index in [1.165, 1.54) is 12.1 Å². The van der Waals surface area contributed by atoms with Crippen LogP contribution in [0.1, 0.15) is 12.5 Å². The van der Waals surface area contributed by atoms with Crippen LogP contribution in [0.25, 0.3) is 0 Å². The van der Waals surface area contributed by atoms with Crippen LogP contribution in [0.5, 0.6) is 0 Å². The van der Waals surface area contributed by atoms with Crippen molar-refractivity contribution in [3.05, 3.63) is 34.6 Å². The van der Waals surface area contributed by atoms with Crippen molar-refractivity contribution in [2.24, 2.45) is 5.92 Å². The zero-order valence-electron chi connectivity index (χ0n) is 9.47. The third-order valence-electron chi connectivity index (χ3n) is 2.31. The predicted octanol–water partition coefficient (Wildman–Crippen LogP) is 3.01. The number of carbonyl (C=O) groups is 1.